The van der Waals surface area contributed by atoms with Crippen LogP contribution in [0, 0.1) is 0 Å². The van der Waals surface area contributed by atoms with Gasteiger partial charge in [0.05, 0.1) is 15.6 Å². The molecule has 2 bridgehead atoms. The molecule has 5 heteroatoms. The molecule has 1 aromatic carbocycles. The lowest BCUT2D eigenvalue weighted by atomic mass is 9.81. The van der Waals surface area contributed by atoms with Gasteiger partial charge in [-0.25, -0.2) is 0 Å². The summed E-state index contributed by atoms with van der Waals surface area (Å²) in [5, 5.41) is 2.88. The van der Waals surface area contributed by atoms with Crippen molar-refractivity contribution in [3.05, 3.63) is 45.6 Å². The molecule has 25 heavy (non-hydrogen) atoms. The van der Waals surface area contributed by atoms with Crippen LogP contribution < -0.4 is 9.64 Å². The SMILES string of the molecule is CN1C2CCCC1CC(N1c3ccccc3OC1c1sccc1Cl)C2. The molecule has 2 aromatic rings. The summed E-state index contributed by atoms with van der Waals surface area (Å²) in [5.74, 6) is 0.987. The number of fused-ring (bicyclic) bond motifs is 3. The van der Waals surface area contributed by atoms with Gasteiger partial charge in [0.15, 0.2) is 0 Å². The van der Waals surface area contributed by atoms with Crippen LogP contribution in [0.15, 0.2) is 35.7 Å². The summed E-state index contributed by atoms with van der Waals surface area (Å²) in [6.45, 7) is 0. The smallest absolute Gasteiger partial charge is 0.209 e. The Labute approximate surface area is 158 Å². The molecular formula is C20H23ClN2OS. The number of anilines is 1. The molecule has 132 valence electrons. The molecule has 0 N–H and O–H groups in total. The lowest BCUT2D eigenvalue weighted by Gasteiger charge is -2.50. The lowest BCUT2D eigenvalue weighted by Crippen LogP contribution is -2.55. The summed E-state index contributed by atoms with van der Waals surface area (Å²) < 4.78 is 6.39. The van der Waals surface area contributed by atoms with Crippen molar-refractivity contribution in [3.63, 3.8) is 0 Å². The number of para-hydroxylation sites is 2. The second kappa shape index (κ2) is 6.19. The van der Waals surface area contributed by atoms with Gasteiger partial charge in [0.2, 0.25) is 6.23 Å². The Kier molecular flexibility index (Phi) is 3.95. The first-order valence-corrected chi connectivity index (χ1v) is 10.5. The molecule has 0 aliphatic carbocycles. The third kappa shape index (κ3) is 2.57. The molecule has 0 radical (unpaired) electrons. The van der Waals surface area contributed by atoms with E-state index in [0.29, 0.717) is 18.1 Å². The van der Waals surface area contributed by atoms with E-state index in [0.717, 1.165) is 15.6 Å². The first kappa shape index (κ1) is 16.0. The minimum atomic E-state index is -0.0842. The molecule has 0 spiro atoms. The predicted molar refractivity (Wildman–Crippen MR) is 104 cm³/mol. The van der Waals surface area contributed by atoms with Gasteiger partial charge in [-0.2, -0.15) is 0 Å². The number of halogens is 1. The van der Waals surface area contributed by atoms with Crippen molar-refractivity contribution in [1.82, 2.24) is 4.90 Å². The molecule has 3 aliphatic heterocycles. The normalized spacial score (nSPS) is 31.7. The first-order chi connectivity index (χ1) is 12.2. The van der Waals surface area contributed by atoms with Crippen LogP contribution in [-0.4, -0.2) is 30.1 Å². The third-order valence-corrected chi connectivity index (χ3v) is 7.60. The van der Waals surface area contributed by atoms with Crippen LogP contribution in [0.3, 0.4) is 0 Å². The number of nitrogens with zero attached hydrogens (tertiary/aromatic N) is 2. The molecule has 5 rings (SSSR count). The van der Waals surface area contributed by atoms with Gasteiger partial charge in [-0.15, -0.1) is 11.3 Å². The van der Waals surface area contributed by atoms with Gasteiger partial charge >= 0.3 is 0 Å². The number of hydrogen-bond donors (Lipinski definition) is 0. The molecule has 2 fully saturated rings. The fourth-order valence-electron chi connectivity index (χ4n) is 4.94. The maximum atomic E-state index is 6.48. The van der Waals surface area contributed by atoms with Crippen LogP contribution in [0.25, 0.3) is 0 Å². The summed E-state index contributed by atoms with van der Waals surface area (Å²) in [5.41, 5.74) is 1.23. The molecular weight excluding hydrogens is 352 g/mol. The van der Waals surface area contributed by atoms with Crippen molar-refractivity contribution in [2.75, 3.05) is 11.9 Å². The average molecular weight is 375 g/mol. The van der Waals surface area contributed by atoms with E-state index in [2.05, 4.69) is 46.5 Å². The van der Waals surface area contributed by atoms with E-state index in [9.17, 15) is 0 Å². The number of thiophene rings is 1. The minimum absolute atomic E-state index is 0.0842. The van der Waals surface area contributed by atoms with Gasteiger partial charge in [0, 0.05) is 18.1 Å². The third-order valence-electron chi connectivity index (χ3n) is 6.21. The molecule has 0 amide bonds. The zero-order chi connectivity index (χ0) is 17.0. The quantitative estimate of drug-likeness (QED) is 0.708. The van der Waals surface area contributed by atoms with Crippen molar-refractivity contribution in [1.29, 1.82) is 0 Å². The van der Waals surface area contributed by atoms with E-state index >= 15 is 0 Å². The second-order valence-corrected chi connectivity index (χ2v) is 8.86. The van der Waals surface area contributed by atoms with Gasteiger partial charge in [-0.05, 0) is 56.3 Å². The standard InChI is InChI=1S/C20H23ClN2OS/c1-22-13-5-4-6-14(22)12-15(11-13)23-17-7-2-3-8-18(17)24-20(23)19-16(21)9-10-25-19/h2-3,7-10,13-15,20H,4-6,11-12H2,1H3. The number of rotatable bonds is 2. The molecule has 1 aromatic heterocycles. The Bertz CT molecular complexity index is 765. The van der Waals surface area contributed by atoms with Gasteiger partial charge in [0.25, 0.3) is 0 Å². The monoisotopic (exact) mass is 374 g/mol. The van der Waals surface area contributed by atoms with Gasteiger partial charge < -0.3 is 14.5 Å². The van der Waals surface area contributed by atoms with Crippen LogP contribution in [0.4, 0.5) is 5.69 Å². The van der Waals surface area contributed by atoms with Crippen LogP contribution >= 0.6 is 22.9 Å². The minimum Gasteiger partial charge on any atom is -0.463 e. The second-order valence-electron chi connectivity index (χ2n) is 7.51. The van der Waals surface area contributed by atoms with Gasteiger partial charge in [-0.3, -0.25) is 0 Å². The molecule has 3 nitrogen and oxygen atoms in total. The van der Waals surface area contributed by atoms with Crippen LogP contribution in [-0.2, 0) is 0 Å². The van der Waals surface area contributed by atoms with Crippen molar-refractivity contribution < 1.29 is 4.74 Å². The van der Waals surface area contributed by atoms with E-state index in [4.69, 9.17) is 16.3 Å². The lowest BCUT2D eigenvalue weighted by molar-refractivity contribution is 0.0484. The van der Waals surface area contributed by atoms with E-state index in [-0.39, 0.29) is 6.23 Å². The van der Waals surface area contributed by atoms with E-state index < -0.39 is 0 Å². The van der Waals surface area contributed by atoms with Crippen molar-refractivity contribution in [2.24, 2.45) is 0 Å². The van der Waals surface area contributed by atoms with Crippen LogP contribution in [0.1, 0.15) is 43.2 Å². The highest BCUT2D eigenvalue weighted by Gasteiger charge is 2.44. The predicted octanol–water partition coefficient (Wildman–Crippen LogP) is 5.31. The zero-order valence-electron chi connectivity index (χ0n) is 14.4. The topological polar surface area (TPSA) is 15.7 Å². The summed E-state index contributed by atoms with van der Waals surface area (Å²) in [4.78, 5) is 6.27. The maximum Gasteiger partial charge on any atom is 0.209 e. The molecule has 0 saturated carbocycles. The number of ether oxygens (including phenoxy) is 1. The fraction of sp³-hybridized carbons (Fsp3) is 0.500. The molecule has 3 unspecified atom stereocenters. The average Bonchev–Trinajstić information content (AvgIpc) is 3.17. The Balaban J connectivity index is 1.53. The summed E-state index contributed by atoms with van der Waals surface area (Å²) in [7, 11) is 2.31. The molecule has 4 heterocycles. The highest BCUT2D eigenvalue weighted by atomic mass is 35.5. The molecule has 3 atom stereocenters. The van der Waals surface area contributed by atoms with E-state index in [1.165, 1.54) is 37.8 Å². The first-order valence-electron chi connectivity index (χ1n) is 9.21. The van der Waals surface area contributed by atoms with Crippen molar-refractivity contribution >= 4 is 28.6 Å². The Morgan fingerprint density at radius 2 is 1.84 bits per heavy atom. The van der Waals surface area contributed by atoms with E-state index in [1.54, 1.807) is 11.3 Å². The van der Waals surface area contributed by atoms with Crippen LogP contribution in [0.2, 0.25) is 5.02 Å². The summed E-state index contributed by atoms with van der Waals surface area (Å²) in [6.07, 6.45) is 6.36. The zero-order valence-corrected chi connectivity index (χ0v) is 16.0. The van der Waals surface area contributed by atoms with E-state index in [1.807, 2.05) is 6.07 Å². The Hall–Kier alpha value is -1.23. The van der Waals surface area contributed by atoms with Gasteiger partial charge in [-0.1, -0.05) is 30.2 Å². The Morgan fingerprint density at radius 1 is 1.08 bits per heavy atom. The summed E-state index contributed by atoms with van der Waals surface area (Å²) in [6, 6.07) is 12.3. The maximum absolute atomic E-state index is 6.48. The fourth-order valence-corrected chi connectivity index (χ4v) is 6.11. The largest absolute Gasteiger partial charge is 0.463 e. The Morgan fingerprint density at radius 3 is 2.56 bits per heavy atom. The van der Waals surface area contributed by atoms with Crippen molar-refractivity contribution in [3.8, 4) is 5.75 Å². The molecule has 2 saturated heterocycles. The van der Waals surface area contributed by atoms with Crippen molar-refractivity contribution in [2.45, 2.75) is 56.5 Å². The highest BCUT2D eigenvalue weighted by molar-refractivity contribution is 7.10. The highest BCUT2D eigenvalue weighted by Crippen LogP contribution is 2.50. The summed E-state index contributed by atoms with van der Waals surface area (Å²) >= 11 is 8.18. The number of hydrogen-bond acceptors (Lipinski definition) is 4. The van der Waals surface area contributed by atoms with Gasteiger partial charge in [0.1, 0.15) is 5.75 Å². The molecule has 3 aliphatic rings. The number of benzene rings is 1. The number of piperidine rings is 2. The van der Waals surface area contributed by atoms with Crippen LogP contribution in [0.5, 0.6) is 5.75 Å².